The third-order valence-electron chi connectivity index (χ3n) is 6.95. The molecular formula is C36H29NO. The highest BCUT2D eigenvalue weighted by atomic mass is 16.3. The Kier molecular flexibility index (Phi) is 4.23. The van der Waals surface area contributed by atoms with Crippen molar-refractivity contribution in [1.82, 2.24) is 4.98 Å². The van der Waals surface area contributed by atoms with Crippen molar-refractivity contribution in [1.29, 1.82) is 0 Å². The molecule has 2 heteroatoms. The maximum absolute atomic E-state index is 9.40. The van der Waals surface area contributed by atoms with E-state index in [-0.39, 0.29) is 23.5 Å². The lowest BCUT2D eigenvalue weighted by atomic mass is 9.85. The minimum atomic E-state index is -1.93. The second kappa shape index (κ2) is 8.56. The number of para-hydroxylation sites is 1. The first kappa shape index (κ1) is 18.8. The molecule has 0 amide bonds. The van der Waals surface area contributed by atoms with Crippen molar-refractivity contribution in [2.24, 2.45) is 5.41 Å². The fourth-order valence-corrected chi connectivity index (χ4v) is 5.27. The molecule has 0 saturated carbocycles. The Morgan fingerprint density at radius 2 is 1.50 bits per heavy atom. The van der Waals surface area contributed by atoms with Crippen molar-refractivity contribution in [3.63, 3.8) is 0 Å². The van der Waals surface area contributed by atoms with Crippen LogP contribution in [0.4, 0.5) is 0 Å². The van der Waals surface area contributed by atoms with E-state index in [4.69, 9.17) is 5.79 Å². The molecule has 0 N–H and O–H groups in total. The minimum Gasteiger partial charge on any atom is -0.455 e. The van der Waals surface area contributed by atoms with E-state index >= 15 is 0 Å². The molecule has 0 atom stereocenters. The maximum atomic E-state index is 9.40. The zero-order chi connectivity index (χ0) is 29.4. The van der Waals surface area contributed by atoms with E-state index in [9.17, 15) is 4.11 Å². The molecule has 184 valence electrons. The van der Waals surface area contributed by atoms with Crippen LogP contribution < -0.4 is 0 Å². The van der Waals surface area contributed by atoms with Gasteiger partial charge >= 0.3 is 0 Å². The van der Waals surface area contributed by atoms with Crippen molar-refractivity contribution in [2.45, 2.75) is 27.1 Å². The van der Waals surface area contributed by atoms with Crippen LogP contribution in [-0.2, 0) is 6.37 Å². The van der Waals surface area contributed by atoms with Crippen LogP contribution in [0, 0.1) is 5.41 Å². The number of benzene rings is 5. The molecule has 0 saturated heterocycles. The second-order valence-corrected chi connectivity index (χ2v) is 10.8. The van der Waals surface area contributed by atoms with Crippen LogP contribution in [0.1, 0.15) is 31.8 Å². The molecule has 0 aliphatic rings. The van der Waals surface area contributed by atoms with E-state index in [1.165, 1.54) is 0 Å². The van der Waals surface area contributed by atoms with Gasteiger partial charge in [-0.05, 0) is 68.7 Å². The molecule has 0 bridgehead atoms. The Morgan fingerprint density at radius 1 is 0.737 bits per heavy atom. The summed E-state index contributed by atoms with van der Waals surface area (Å²) in [4.78, 5) is 4.64. The zero-order valence-electron chi connectivity index (χ0n) is 25.6. The van der Waals surface area contributed by atoms with Gasteiger partial charge < -0.3 is 4.42 Å². The average Bonchev–Trinajstić information content (AvgIpc) is 3.34. The van der Waals surface area contributed by atoms with Crippen LogP contribution in [0.25, 0.3) is 65.9 Å². The molecule has 0 unspecified atom stereocenters. The predicted octanol–water partition coefficient (Wildman–Crippen LogP) is 10.2. The lowest BCUT2D eigenvalue weighted by Crippen LogP contribution is -2.10. The summed E-state index contributed by atoms with van der Waals surface area (Å²) in [5.41, 5.74) is 2.45. The van der Waals surface area contributed by atoms with Crippen LogP contribution >= 0.6 is 0 Å². The molecule has 0 radical (unpaired) electrons. The van der Waals surface area contributed by atoms with Crippen molar-refractivity contribution >= 4 is 43.5 Å². The quantitative estimate of drug-likeness (QED) is 0.228. The summed E-state index contributed by atoms with van der Waals surface area (Å²) in [6.45, 7) is 5.46. The summed E-state index contributed by atoms with van der Waals surface area (Å²) in [6.07, 6.45) is -2.00. The number of hydrogen-bond acceptors (Lipinski definition) is 2. The number of pyridine rings is 1. The van der Waals surface area contributed by atoms with E-state index in [0.717, 1.165) is 37.9 Å². The van der Waals surface area contributed by atoms with Gasteiger partial charge in [0.2, 0.25) is 0 Å². The first-order valence-corrected chi connectivity index (χ1v) is 12.9. The molecule has 5 aromatic carbocycles. The Morgan fingerprint density at radius 3 is 2.34 bits per heavy atom. The number of nitrogens with zero attached hydrogens (tertiary/aromatic N) is 1. The predicted molar refractivity (Wildman–Crippen MR) is 161 cm³/mol. The minimum absolute atomic E-state index is 0.0334. The molecule has 0 fully saturated rings. The largest absolute Gasteiger partial charge is 0.455 e. The second-order valence-electron chi connectivity index (χ2n) is 10.8. The third kappa shape index (κ3) is 3.85. The summed E-state index contributed by atoms with van der Waals surface area (Å²) in [5, 5.41) is 6.36. The number of fused-ring (bicyclic) bond motifs is 6. The van der Waals surface area contributed by atoms with Crippen LogP contribution in [0.5, 0.6) is 0 Å². The number of furan rings is 1. The fraction of sp³-hybridized carbons (Fsp3) is 0.139. The standard InChI is InChI=1S/C36H29NO/c1-36(2,3)21-26-19-33(37-22-32(26)23-10-5-4-6-11-23)29-15-9-14-28-31-18-25-17-16-24-12-7-8-13-27(24)30(25)20-34(31)38-35(28)29/h4-20,22H,21H2,1-3H3/i19D,21D2,22D. The molecule has 2 aromatic heterocycles. The SMILES string of the molecule is [2H]c1nc(-c2cccc3c2oc2cc4c(ccc5ccccc54)cc23)c([2H])c(C([2H])([2H])C(C)(C)C)c1-c1ccccc1. The van der Waals surface area contributed by atoms with Crippen LogP contribution in [0.15, 0.2) is 114 Å². The van der Waals surface area contributed by atoms with Gasteiger partial charge in [0.1, 0.15) is 11.2 Å². The highest BCUT2D eigenvalue weighted by Crippen LogP contribution is 2.39. The lowest BCUT2D eigenvalue weighted by molar-refractivity contribution is 0.411. The highest BCUT2D eigenvalue weighted by Gasteiger charge is 2.19. The monoisotopic (exact) mass is 495 g/mol. The number of rotatable bonds is 3. The normalized spacial score (nSPS) is 14.1. The maximum Gasteiger partial charge on any atom is 0.144 e. The Labute approximate surface area is 228 Å². The van der Waals surface area contributed by atoms with Gasteiger partial charge in [-0.1, -0.05) is 99.6 Å². The van der Waals surface area contributed by atoms with Crippen molar-refractivity contribution < 1.29 is 9.90 Å². The molecule has 0 aliphatic carbocycles. The molecule has 2 heterocycles. The molecular weight excluding hydrogens is 462 g/mol. The van der Waals surface area contributed by atoms with E-state index in [1.807, 2.05) is 81.4 Å². The molecule has 0 spiro atoms. The first-order valence-electron chi connectivity index (χ1n) is 14.9. The summed E-state index contributed by atoms with van der Waals surface area (Å²) >= 11 is 0. The summed E-state index contributed by atoms with van der Waals surface area (Å²) in [5.74, 6) is 0. The molecule has 2 nitrogen and oxygen atoms in total. The molecule has 7 rings (SSSR count). The van der Waals surface area contributed by atoms with Gasteiger partial charge in [-0.15, -0.1) is 0 Å². The Balaban J connectivity index is 1.54. The van der Waals surface area contributed by atoms with E-state index in [2.05, 4.69) is 41.4 Å². The van der Waals surface area contributed by atoms with Crippen LogP contribution in [0.2, 0.25) is 0 Å². The summed E-state index contributed by atoms with van der Waals surface area (Å²) < 4.78 is 43.4. The first-order chi connectivity index (χ1) is 20.1. The van der Waals surface area contributed by atoms with Gasteiger partial charge in [-0.2, -0.15) is 0 Å². The average molecular weight is 496 g/mol. The molecule has 38 heavy (non-hydrogen) atoms. The van der Waals surface area contributed by atoms with Gasteiger partial charge in [-0.3, -0.25) is 4.98 Å². The summed E-state index contributed by atoms with van der Waals surface area (Å²) in [6, 6.07) is 31.7. The van der Waals surface area contributed by atoms with E-state index in [1.54, 1.807) is 0 Å². The number of hydrogen-bond donors (Lipinski definition) is 0. The smallest absolute Gasteiger partial charge is 0.144 e. The van der Waals surface area contributed by atoms with E-state index in [0.29, 0.717) is 22.3 Å². The Bertz CT molecular complexity index is 2180. The lowest BCUT2D eigenvalue weighted by Gasteiger charge is -2.21. The summed E-state index contributed by atoms with van der Waals surface area (Å²) in [7, 11) is 0. The Hall–Kier alpha value is -4.43. The van der Waals surface area contributed by atoms with Crippen LogP contribution in [0.3, 0.4) is 0 Å². The third-order valence-corrected chi connectivity index (χ3v) is 6.95. The fourth-order valence-electron chi connectivity index (χ4n) is 5.27. The molecule has 7 aromatic rings. The van der Waals surface area contributed by atoms with Crippen molar-refractivity contribution in [3.05, 3.63) is 115 Å². The van der Waals surface area contributed by atoms with Gasteiger partial charge in [-0.25, -0.2) is 0 Å². The van der Waals surface area contributed by atoms with E-state index < -0.39 is 11.8 Å². The van der Waals surface area contributed by atoms with Gasteiger partial charge in [0.05, 0.1) is 8.44 Å². The molecule has 0 aliphatic heterocycles. The zero-order valence-corrected chi connectivity index (χ0v) is 21.6. The van der Waals surface area contributed by atoms with Crippen molar-refractivity contribution in [3.8, 4) is 22.4 Å². The topological polar surface area (TPSA) is 26.0 Å². The highest BCUT2D eigenvalue weighted by molar-refractivity contribution is 6.17. The number of aromatic nitrogens is 1. The van der Waals surface area contributed by atoms with Crippen molar-refractivity contribution in [2.75, 3.05) is 0 Å². The van der Waals surface area contributed by atoms with Crippen LogP contribution in [-0.4, -0.2) is 4.98 Å². The van der Waals surface area contributed by atoms with Gasteiger partial charge in [0, 0.05) is 30.8 Å². The van der Waals surface area contributed by atoms with Gasteiger partial charge in [0.15, 0.2) is 0 Å². The van der Waals surface area contributed by atoms with Gasteiger partial charge in [0.25, 0.3) is 0 Å².